The third-order valence-electron chi connectivity index (χ3n) is 4.38. The second-order valence-corrected chi connectivity index (χ2v) is 5.92. The second kappa shape index (κ2) is 6.51. The van der Waals surface area contributed by atoms with Crippen LogP contribution in [0.25, 0.3) is 0 Å². The summed E-state index contributed by atoms with van der Waals surface area (Å²) in [5, 5.41) is 9.62. The van der Waals surface area contributed by atoms with Crippen LogP contribution in [0.4, 0.5) is 5.95 Å². The number of anilines is 1. The van der Waals surface area contributed by atoms with E-state index in [0.717, 1.165) is 0 Å². The molecule has 26 heavy (non-hydrogen) atoms. The molecule has 9 nitrogen and oxygen atoms in total. The number of ether oxygens (including phenoxy) is 2. The number of aliphatic carboxylic acids is 1. The van der Waals surface area contributed by atoms with Gasteiger partial charge < -0.3 is 24.4 Å². The number of fused-ring (bicyclic) bond motifs is 1. The number of hydrogen-bond donors (Lipinski definition) is 1. The molecule has 1 fully saturated rings. The van der Waals surface area contributed by atoms with Gasteiger partial charge in [0.15, 0.2) is 11.5 Å². The smallest absolute Gasteiger partial charge is 0.328 e. The van der Waals surface area contributed by atoms with Crippen molar-refractivity contribution in [3.63, 3.8) is 0 Å². The van der Waals surface area contributed by atoms with Crippen molar-refractivity contribution in [3.8, 4) is 11.5 Å². The topological polar surface area (TPSA) is 105 Å². The van der Waals surface area contributed by atoms with E-state index in [2.05, 4.69) is 9.97 Å². The number of carbonyl (C=O) groups is 2. The number of rotatable bonds is 3. The molecule has 0 saturated carbocycles. The number of amides is 1. The first kappa shape index (κ1) is 16.1. The molecule has 4 rings (SSSR count). The lowest BCUT2D eigenvalue weighted by molar-refractivity contribution is -0.142. The predicted molar refractivity (Wildman–Crippen MR) is 89.3 cm³/mol. The summed E-state index contributed by atoms with van der Waals surface area (Å²) in [7, 11) is 0. The number of aromatic nitrogens is 2. The third-order valence-corrected chi connectivity index (χ3v) is 4.38. The Morgan fingerprint density at radius 3 is 2.65 bits per heavy atom. The number of benzene rings is 1. The summed E-state index contributed by atoms with van der Waals surface area (Å²) < 4.78 is 10.5. The van der Waals surface area contributed by atoms with Crippen molar-refractivity contribution < 1.29 is 24.2 Å². The van der Waals surface area contributed by atoms with E-state index < -0.39 is 12.0 Å². The molecule has 1 aromatic heterocycles. The van der Waals surface area contributed by atoms with Crippen molar-refractivity contribution in [1.29, 1.82) is 0 Å². The van der Waals surface area contributed by atoms with E-state index in [9.17, 15) is 14.7 Å². The van der Waals surface area contributed by atoms with Crippen molar-refractivity contribution in [1.82, 2.24) is 14.9 Å². The molecule has 134 valence electrons. The largest absolute Gasteiger partial charge is 0.480 e. The average Bonchev–Trinajstić information content (AvgIpc) is 3.15. The van der Waals surface area contributed by atoms with Gasteiger partial charge in [0, 0.05) is 31.0 Å². The van der Waals surface area contributed by atoms with Gasteiger partial charge >= 0.3 is 5.97 Å². The normalized spacial score (nSPS) is 18.7. The molecule has 0 bridgehead atoms. The summed E-state index contributed by atoms with van der Waals surface area (Å²) in [6, 6.07) is 5.54. The van der Waals surface area contributed by atoms with Crippen LogP contribution in [-0.4, -0.2) is 64.3 Å². The molecule has 1 atom stereocenters. The first-order chi connectivity index (χ1) is 12.6. The molecule has 0 radical (unpaired) electrons. The lowest BCUT2D eigenvalue weighted by Crippen LogP contribution is -2.58. The summed E-state index contributed by atoms with van der Waals surface area (Å²) in [5.41, 5.74) is 0.366. The van der Waals surface area contributed by atoms with Crippen LogP contribution in [0, 0.1) is 0 Å². The Labute approximate surface area is 148 Å². The third kappa shape index (κ3) is 2.87. The summed E-state index contributed by atoms with van der Waals surface area (Å²) >= 11 is 0. The number of carbonyl (C=O) groups excluding carboxylic acids is 1. The Hall–Kier alpha value is -3.36. The van der Waals surface area contributed by atoms with Crippen LogP contribution < -0.4 is 14.4 Å². The van der Waals surface area contributed by atoms with E-state index in [1.165, 1.54) is 4.90 Å². The maximum atomic E-state index is 12.9. The minimum Gasteiger partial charge on any atom is -0.480 e. The lowest BCUT2D eigenvalue weighted by atomic mass is 10.1. The van der Waals surface area contributed by atoms with Crippen LogP contribution in [0.1, 0.15) is 10.4 Å². The molecular weight excluding hydrogens is 340 g/mol. The van der Waals surface area contributed by atoms with Gasteiger partial charge in [-0.05, 0) is 24.3 Å². The SMILES string of the molecule is O=C(O)[C@H]1CN(c2ncccn2)CCN1C(=O)c1ccc2c(c1)OCO2. The van der Waals surface area contributed by atoms with Crippen LogP contribution in [-0.2, 0) is 4.79 Å². The Morgan fingerprint density at radius 1 is 1.12 bits per heavy atom. The molecule has 2 aliphatic rings. The minimum absolute atomic E-state index is 0.112. The molecule has 1 amide bonds. The molecule has 2 aromatic rings. The van der Waals surface area contributed by atoms with Gasteiger partial charge in [0.1, 0.15) is 6.04 Å². The molecular formula is C17H16N4O5. The highest BCUT2D eigenvalue weighted by atomic mass is 16.7. The number of carboxylic acids is 1. The number of hydrogen-bond acceptors (Lipinski definition) is 7. The standard InChI is InChI=1S/C17H16N4O5/c22-15(11-2-3-13-14(8-11)26-10-25-13)21-7-6-20(9-12(21)16(23)24)17-18-4-1-5-19-17/h1-5,8,12H,6-7,9-10H2,(H,23,24)/t12-/m1/s1. The van der Waals surface area contributed by atoms with Crippen molar-refractivity contribution >= 4 is 17.8 Å². The van der Waals surface area contributed by atoms with Gasteiger partial charge in [-0.25, -0.2) is 14.8 Å². The Balaban J connectivity index is 1.56. The molecule has 2 aliphatic heterocycles. The fraction of sp³-hybridized carbons (Fsp3) is 0.294. The van der Waals surface area contributed by atoms with Crippen LogP contribution in [0.5, 0.6) is 11.5 Å². The van der Waals surface area contributed by atoms with E-state index in [-0.39, 0.29) is 25.8 Å². The average molecular weight is 356 g/mol. The van der Waals surface area contributed by atoms with E-state index in [1.54, 1.807) is 41.6 Å². The summed E-state index contributed by atoms with van der Waals surface area (Å²) in [5.74, 6) is 0.0828. The number of piperazine rings is 1. The maximum Gasteiger partial charge on any atom is 0.328 e. The predicted octanol–water partition coefficient (Wildman–Crippen LogP) is 0.621. The molecule has 3 heterocycles. The summed E-state index contributed by atoms with van der Waals surface area (Å²) in [6.45, 7) is 0.933. The molecule has 0 aliphatic carbocycles. The first-order valence-electron chi connectivity index (χ1n) is 8.09. The highest BCUT2D eigenvalue weighted by Gasteiger charge is 2.36. The lowest BCUT2D eigenvalue weighted by Gasteiger charge is -2.39. The van der Waals surface area contributed by atoms with Gasteiger partial charge in [-0.2, -0.15) is 0 Å². The first-order valence-corrected chi connectivity index (χ1v) is 8.09. The Morgan fingerprint density at radius 2 is 1.88 bits per heavy atom. The van der Waals surface area contributed by atoms with E-state index in [1.807, 2.05) is 0 Å². The highest BCUT2D eigenvalue weighted by molar-refractivity contribution is 5.97. The summed E-state index contributed by atoms with van der Waals surface area (Å²) in [6.07, 6.45) is 3.20. The molecule has 1 saturated heterocycles. The van der Waals surface area contributed by atoms with E-state index in [4.69, 9.17) is 9.47 Å². The monoisotopic (exact) mass is 356 g/mol. The van der Waals surface area contributed by atoms with Gasteiger partial charge in [-0.1, -0.05) is 0 Å². The van der Waals surface area contributed by atoms with Crippen LogP contribution >= 0.6 is 0 Å². The van der Waals surface area contributed by atoms with Gasteiger partial charge in [-0.3, -0.25) is 4.79 Å². The van der Waals surface area contributed by atoms with Crippen LogP contribution in [0.2, 0.25) is 0 Å². The minimum atomic E-state index is -1.07. The molecule has 1 aromatic carbocycles. The van der Waals surface area contributed by atoms with Crippen molar-refractivity contribution in [3.05, 3.63) is 42.2 Å². The number of carboxylic acid groups (broad SMARTS) is 1. The van der Waals surface area contributed by atoms with Crippen molar-refractivity contribution in [2.24, 2.45) is 0 Å². The fourth-order valence-electron chi connectivity index (χ4n) is 3.07. The zero-order valence-corrected chi connectivity index (χ0v) is 13.7. The van der Waals surface area contributed by atoms with Crippen LogP contribution in [0.15, 0.2) is 36.7 Å². The van der Waals surface area contributed by atoms with Gasteiger partial charge in [0.2, 0.25) is 12.7 Å². The molecule has 1 N–H and O–H groups in total. The van der Waals surface area contributed by atoms with Gasteiger partial charge in [0.05, 0.1) is 6.54 Å². The van der Waals surface area contributed by atoms with Crippen molar-refractivity contribution in [2.75, 3.05) is 31.3 Å². The zero-order valence-electron chi connectivity index (χ0n) is 13.7. The fourth-order valence-corrected chi connectivity index (χ4v) is 3.07. The van der Waals surface area contributed by atoms with Crippen molar-refractivity contribution in [2.45, 2.75) is 6.04 Å². The molecule has 0 spiro atoms. The maximum absolute atomic E-state index is 12.9. The van der Waals surface area contributed by atoms with E-state index in [0.29, 0.717) is 29.6 Å². The quantitative estimate of drug-likeness (QED) is 0.853. The second-order valence-electron chi connectivity index (χ2n) is 5.92. The Kier molecular flexibility index (Phi) is 4.04. The molecule has 0 unspecified atom stereocenters. The van der Waals surface area contributed by atoms with Crippen LogP contribution in [0.3, 0.4) is 0 Å². The summed E-state index contributed by atoms with van der Waals surface area (Å²) in [4.78, 5) is 36.1. The molecule has 9 heteroatoms. The van der Waals surface area contributed by atoms with Gasteiger partial charge in [-0.15, -0.1) is 0 Å². The number of nitrogens with zero attached hydrogens (tertiary/aromatic N) is 4. The van der Waals surface area contributed by atoms with Gasteiger partial charge in [0.25, 0.3) is 5.91 Å². The Bertz CT molecular complexity index is 844. The van der Waals surface area contributed by atoms with E-state index >= 15 is 0 Å². The highest BCUT2D eigenvalue weighted by Crippen LogP contribution is 2.33. The zero-order chi connectivity index (χ0) is 18.1.